The third kappa shape index (κ3) is 3.21. The van der Waals surface area contributed by atoms with Crippen LogP contribution in [0.3, 0.4) is 0 Å². The predicted octanol–water partition coefficient (Wildman–Crippen LogP) is 0.774. The Morgan fingerprint density at radius 3 is 2.28 bits per heavy atom. The zero-order chi connectivity index (χ0) is 13.8. The van der Waals surface area contributed by atoms with Crippen molar-refractivity contribution in [3.05, 3.63) is 30.3 Å². The standard InChI is InChI=1S/C11H16N2O4S/c1-3-13(10-7-5-4-6-8-10)18(16,17)12(2)9-11(14)15/h4-8H,3,9H2,1-2H3,(H,14,15). The summed E-state index contributed by atoms with van der Waals surface area (Å²) in [5.74, 6) is -1.19. The Kier molecular flexibility index (Phi) is 4.69. The first kappa shape index (κ1) is 14.5. The van der Waals surface area contributed by atoms with Gasteiger partial charge in [-0.1, -0.05) is 18.2 Å². The highest BCUT2D eigenvalue weighted by Gasteiger charge is 2.27. The number of hydrogen-bond acceptors (Lipinski definition) is 3. The quantitative estimate of drug-likeness (QED) is 0.830. The van der Waals surface area contributed by atoms with Gasteiger partial charge in [0, 0.05) is 13.6 Å². The molecule has 0 atom stereocenters. The molecule has 0 heterocycles. The summed E-state index contributed by atoms with van der Waals surface area (Å²) in [4.78, 5) is 10.6. The van der Waals surface area contributed by atoms with E-state index < -0.39 is 22.7 Å². The number of likely N-dealkylation sites (N-methyl/N-ethyl adjacent to an activating group) is 1. The van der Waals surface area contributed by atoms with E-state index in [1.807, 2.05) is 0 Å². The first-order chi connectivity index (χ1) is 8.39. The van der Waals surface area contributed by atoms with Crippen molar-refractivity contribution >= 4 is 21.9 Å². The van der Waals surface area contributed by atoms with E-state index in [4.69, 9.17) is 5.11 Å². The summed E-state index contributed by atoms with van der Waals surface area (Å²) in [6.07, 6.45) is 0. The van der Waals surface area contributed by atoms with Gasteiger partial charge in [0.2, 0.25) is 0 Å². The van der Waals surface area contributed by atoms with Crippen molar-refractivity contribution < 1.29 is 18.3 Å². The van der Waals surface area contributed by atoms with Gasteiger partial charge in [-0.3, -0.25) is 9.10 Å². The van der Waals surface area contributed by atoms with Crippen LogP contribution in [-0.2, 0) is 15.0 Å². The third-order valence-electron chi connectivity index (χ3n) is 2.36. The molecule has 0 amide bonds. The second-order valence-corrected chi connectivity index (χ2v) is 5.62. The van der Waals surface area contributed by atoms with E-state index in [1.54, 1.807) is 37.3 Å². The Morgan fingerprint density at radius 2 is 1.83 bits per heavy atom. The van der Waals surface area contributed by atoms with Crippen LogP contribution in [0.1, 0.15) is 6.92 Å². The maximum atomic E-state index is 12.2. The Hall–Kier alpha value is -1.60. The van der Waals surface area contributed by atoms with E-state index in [1.165, 1.54) is 7.05 Å². The molecule has 0 unspecified atom stereocenters. The molecule has 0 aliphatic rings. The molecule has 100 valence electrons. The summed E-state index contributed by atoms with van der Waals surface area (Å²) >= 11 is 0. The normalized spacial score (nSPS) is 11.5. The van der Waals surface area contributed by atoms with Gasteiger partial charge < -0.3 is 5.11 Å². The molecule has 0 saturated heterocycles. The number of anilines is 1. The summed E-state index contributed by atoms with van der Waals surface area (Å²) in [6, 6.07) is 8.56. The maximum absolute atomic E-state index is 12.2. The highest BCUT2D eigenvalue weighted by molar-refractivity contribution is 7.90. The van der Waals surface area contributed by atoms with Crippen molar-refractivity contribution in [1.82, 2.24) is 4.31 Å². The van der Waals surface area contributed by atoms with Crippen LogP contribution in [0.15, 0.2) is 30.3 Å². The molecule has 0 aromatic heterocycles. The highest BCUT2D eigenvalue weighted by Crippen LogP contribution is 2.18. The summed E-state index contributed by atoms with van der Waals surface area (Å²) in [5, 5.41) is 8.65. The van der Waals surface area contributed by atoms with Crippen LogP contribution in [0.4, 0.5) is 5.69 Å². The van der Waals surface area contributed by atoms with Crippen LogP contribution in [-0.4, -0.2) is 43.9 Å². The topological polar surface area (TPSA) is 77.9 Å². The van der Waals surface area contributed by atoms with Gasteiger partial charge in [-0.15, -0.1) is 0 Å². The van der Waals surface area contributed by atoms with Crippen molar-refractivity contribution in [2.24, 2.45) is 0 Å². The van der Waals surface area contributed by atoms with Crippen LogP contribution in [0, 0.1) is 0 Å². The number of carboxylic acids is 1. The van der Waals surface area contributed by atoms with Crippen LogP contribution in [0.25, 0.3) is 0 Å². The lowest BCUT2D eigenvalue weighted by Gasteiger charge is -2.27. The van der Waals surface area contributed by atoms with Gasteiger partial charge in [0.15, 0.2) is 0 Å². The monoisotopic (exact) mass is 272 g/mol. The van der Waals surface area contributed by atoms with Crippen LogP contribution < -0.4 is 4.31 Å². The molecule has 7 heteroatoms. The number of hydrogen-bond donors (Lipinski definition) is 1. The molecule has 0 bridgehead atoms. The number of rotatable bonds is 6. The second-order valence-electron chi connectivity index (χ2n) is 3.66. The van der Waals surface area contributed by atoms with Gasteiger partial charge in [-0.25, -0.2) is 0 Å². The van der Waals surface area contributed by atoms with Gasteiger partial charge in [0.25, 0.3) is 0 Å². The molecular weight excluding hydrogens is 256 g/mol. The summed E-state index contributed by atoms with van der Waals surface area (Å²) in [7, 11) is -2.57. The average Bonchev–Trinajstić information content (AvgIpc) is 2.30. The lowest BCUT2D eigenvalue weighted by molar-refractivity contribution is -0.137. The minimum absolute atomic E-state index is 0.232. The van der Waals surface area contributed by atoms with Crippen LogP contribution in [0.2, 0.25) is 0 Å². The molecule has 0 aliphatic heterocycles. The largest absolute Gasteiger partial charge is 0.480 e. The predicted molar refractivity (Wildman–Crippen MR) is 68.6 cm³/mol. The Labute approximate surface area is 107 Å². The SMILES string of the molecule is CCN(c1ccccc1)S(=O)(=O)N(C)CC(=O)O. The number of aliphatic carboxylic acids is 1. The first-order valence-corrected chi connectivity index (χ1v) is 6.80. The Morgan fingerprint density at radius 1 is 1.28 bits per heavy atom. The molecule has 18 heavy (non-hydrogen) atoms. The first-order valence-electron chi connectivity index (χ1n) is 5.40. The van der Waals surface area contributed by atoms with E-state index in [2.05, 4.69) is 0 Å². The molecule has 0 radical (unpaired) electrons. The van der Waals surface area contributed by atoms with Gasteiger partial charge in [-0.2, -0.15) is 12.7 Å². The van der Waals surface area contributed by atoms with Crippen molar-refractivity contribution in [2.75, 3.05) is 24.4 Å². The van der Waals surface area contributed by atoms with E-state index in [9.17, 15) is 13.2 Å². The maximum Gasteiger partial charge on any atom is 0.318 e. The van der Waals surface area contributed by atoms with Crippen LogP contribution >= 0.6 is 0 Å². The summed E-state index contributed by atoms with van der Waals surface area (Å²) in [5.41, 5.74) is 0.511. The smallest absolute Gasteiger partial charge is 0.318 e. The Balaban J connectivity index is 3.05. The van der Waals surface area contributed by atoms with Crippen molar-refractivity contribution in [3.63, 3.8) is 0 Å². The van der Waals surface area contributed by atoms with Gasteiger partial charge in [0.1, 0.15) is 6.54 Å². The van der Waals surface area contributed by atoms with E-state index >= 15 is 0 Å². The third-order valence-corrected chi connectivity index (χ3v) is 4.30. The number of carboxylic acid groups (broad SMARTS) is 1. The second kappa shape index (κ2) is 5.83. The lowest BCUT2D eigenvalue weighted by Crippen LogP contribution is -2.44. The fraction of sp³-hybridized carbons (Fsp3) is 0.364. The van der Waals surface area contributed by atoms with Crippen LogP contribution in [0.5, 0.6) is 0 Å². The molecule has 0 fully saturated rings. The number of nitrogens with zero attached hydrogens (tertiary/aromatic N) is 2. The molecular formula is C11H16N2O4S. The van der Waals surface area contributed by atoms with Gasteiger partial charge in [-0.05, 0) is 19.1 Å². The van der Waals surface area contributed by atoms with Crippen molar-refractivity contribution in [2.45, 2.75) is 6.92 Å². The number of para-hydroxylation sites is 1. The highest BCUT2D eigenvalue weighted by atomic mass is 32.2. The zero-order valence-corrected chi connectivity index (χ0v) is 11.1. The fourth-order valence-corrected chi connectivity index (χ4v) is 2.84. The molecule has 1 N–H and O–H groups in total. The minimum Gasteiger partial charge on any atom is -0.480 e. The molecule has 1 rings (SSSR count). The van der Waals surface area contributed by atoms with Gasteiger partial charge in [0.05, 0.1) is 5.69 Å². The van der Waals surface area contributed by atoms with Crippen molar-refractivity contribution in [1.29, 1.82) is 0 Å². The zero-order valence-electron chi connectivity index (χ0n) is 10.3. The minimum atomic E-state index is -3.81. The van der Waals surface area contributed by atoms with E-state index in [0.717, 1.165) is 8.61 Å². The molecule has 0 aliphatic carbocycles. The summed E-state index contributed by atoms with van der Waals surface area (Å²) < 4.78 is 26.3. The molecule has 0 spiro atoms. The fourth-order valence-electron chi connectivity index (χ4n) is 1.51. The number of benzene rings is 1. The molecule has 0 saturated carbocycles. The molecule has 1 aromatic rings. The van der Waals surface area contributed by atoms with Gasteiger partial charge >= 0.3 is 16.2 Å². The van der Waals surface area contributed by atoms with E-state index in [-0.39, 0.29) is 6.54 Å². The molecule has 1 aromatic carbocycles. The van der Waals surface area contributed by atoms with Crippen molar-refractivity contribution in [3.8, 4) is 0 Å². The lowest BCUT2D eigenvalue weighted by atomic mass is 10.3. The number of carbonyl (C=O) groups is 1. The Bertz CT molecular complexity index is 501. The van der Waals surface area contributed by atoms with E-state index in [0.29, 0.717) is 5.69 Å². The average molecular weight is 272 g/mol. The summed E-state index contributed by atoms with van der Waals surface area (Å²) in [6.45, 7) is 1.36. The molecule has 6 nitrogen and oxygen atoms in total.